The molecule has 0 fully saturated rings. The fraction of sp³-hybridized carbons (Fsp3) is 0.118. The van der Waals surface area contributed by atoms with Crippen molar-refractivity contribution in [1.82, 2.24) is 4.98 Å². The van der Waals surface area contributed by atoms with Gasteiger partial charge in [-0.15, -0.1) is 0 Å². The second kappa shape index (κ2) is 5.71. The third kappa shape index (κ3) is 2.74. The number of para-hydroxylation sites is 1. The van der Waals surface area contributed by atoms with Crippen LogP contribution >= 0.6 is 0 Å². The van der Waals surface area contributed by atoms with Crippen molar-refractivity contribution in [3.8, 4) is 11.5 Å². The predicted octanol–water partition coefficient (Wildman–Crippen LogP) is 3.40. The Hall–Kier alpha value is -2.75. The molecule has 0 aliphatic carbocycles. The van der Waals surface area contributed by atoms with E-state index in [-0.39, 0.29) is 0 Å². The second-order valence-corrected chi connectivity index (χ2v) is 4.69. The van der Waals surface area contributed by atoms with Crippen LogP contribution in [0.2, 0.25) is 0 Å². The van der Waals surface area contributed by atoms with Gasteiger partial charge in [0.1, 0.15) is 18.1 Å². The van der Waals surface area contributed by atoms with Gasteiger partial charge in [-0.1, -0.05) is 18.2 Å². The third-order valence-corrected chi connectivity index (χ3v) is 3.32. The van der Waals surface area contributed by atoms with Gasteiger partial charge in [-0.2, -0.15) is 0 Å². The minimum Gasteiger partial charge on any atom is -0.497 e. The largest absolute Gasteiger partial charge is 0.497 e. The standard InChI is InChI=1S/C17H16N2O2/c1-20-13-7-5-12(6-8-13)11-21-16-9-10-19-17-14(16)3-2-4-15(17)18/h2-10H,11,18H2,1H3. The van der Waals surface area contributed by atoms with E-state index in [0.29, 0.717) is 12.3 Å². The summed E-state index contributed by atoms with van der Waals surface area (Å²) >= 11 is 0. The van der Waals surface area contributed by atoms with Crippen LogP contribution in [0.3, 0.4) is 0 Å². The lowest BCUT2D eigenvalue weighted by Gasteiger charge is -2.10. The minimum absolute atomic E-state index is 0.484. The number of benzene rings is 2. The normalized spacial score (nSPS) is 10.5. The molecular formula is C17H16N2O2. The van der Waals surface area contributed by atoms with Crippen LogP contribution < -0.4 is 15.2 Å². The van der Waals surface area contributed by atoms with Gasteiger partial charge >= 0.3 is 0 Å². The summed E-state index contributed by atoms with van der Waals surface area (Å²) in [6.07, 6.45) is 1.71. The monoisotopic (exact) mass is 280 g/mol. The van der Waals surface area contributed by atoms with Crippen molar-refractivity contribution in [3.63, 3.8) is 0 Å². The summed E-state index contributed by atoms with van der Waals surface area (Å²) in [4.78, 5) is 4.30. The first-order valence-electron chi connectivity index (χ1n) is 6.67. The number of methoxy groups -OCH3 is 1. The molecule has 0 atom stereocenters. The first-order chi connectivity index (χ1) is 10.3. The first kappa shape index (κ1) is 13.2. The van der Waals surface area contributed by atoms with Gasteiger partial charge in [-0.3, -0.25) is 4.98 Å². The van der Waals surface area contributed by atoms with Crippen molar-refractivity contribution >= 4 is 16.6 Å². The third-order valence-electron chi connectivity index (χ3n) is 3.32. The number of nitrogen functional groups attached to an aromatic ring is 1. The number of nitrogens with zero attached hydrogens (tertiary/aromatic N) is 1. The Bertz CT molecular complexity index is 754. The van der Waals surface area contributed by atoms with Gasteiger partial charge in [0.15, 0.2) is 0 Å². The highest BCUT2D eigenvalue weighted by atomic mass is 16.5. The molecule has 0 aliphatic heterocycles. The average Bonchev–Trinajstić information content (AvgIpc) is 2.54. The number of hydrogen-bond acceptors (Lipinski definition) is 4. The van der Waals surface area contributed by atoms with Crippen molar-refractivity contribution < 1.29 is 9.47 Å². The summed E-state index contributed by atoms with van der Waals surface area (Å²) in [7, 11) is 1.65. The number of nitrogens with two attached hydrogens (primary N) is 1. The molecule has 0 saturated heterocycles. The summed E-state index contributed by atoms with van der Waals surface area (Å²) < 4.78 is 11.0. The molecule has 1 heterocycles. The van der Waals surface area contributed by atoms with Gasteiger partial charge in [-0.25, -0.2) is 0 Å². The van der Waals surface area contributed by atoms with Gasteiger partial charge in [0.05, 0.1) is 18.3 Å². The van der Waals surface area contributed by atoms with Crippen molar-refractivity contribution in [3.05, 3.63) is 60.3 Å². The molecule has 4 heteroatoms. The topological polar surface area (TPSA) is 57.4 Å². The maximum absolute atomic E-state index is 5.93. The Morgan fingerprint density at radius 1 is 1.05 bits per heavy atom. The number of fused-ring (bicyclic) bond motifs is 1. The summed E-state index contributed by atoms with van der Waals surface area (Å²) in [5.74, 6) is 1.61. The SMILES string of the molecule is COc1ccc(COc2ccnc3c(N)cccc23)cc1. The number of aromatic nitrogens is 1. The van der Waals surface area contributed by atoms with Crippen molar-refractivity contribution in [2.45, 2.75) is 6.61 Å². The lowest BCUT2D eigenvalue weighted by Crippen LogP contribution is -1.97. The maximum atomic E-state index is 5.93. The second-order valence-electron chi connectivity index (χ2n) is 4.69. The smallest absolute Gasteiger partial charge is 0.130 e. The number of pyridine rings is 1. The molecule has 0 aliphatic rings. The fourth-order valence-electron chi connectivity index (χ4n) is 2.18. The highest BCUT2D eigenvalue weighted by Gasteiger charge is 2.05. The molecule has 106 valence electrons. The average molecular weight is 280 g/mol. The quantitative estimate of drug-likeness (QED) is 0.744. The van der Waals surface area contributed by atoms with Crippen LogP contribution in [-0.2, 0) is 6.61 Å². The Labute approximate surface area is 123 Å². The molecule has 0 saturated carbocycles. The number of anilines is 1. The zero-order chi connectivity index (χ0) is 14.7. The molecule has 0 unspecified atom stereocenters. The predicted molar refractivity (Wildman–Crippen MR) is 83.5 cm³/mol. The van der Waals surface area contributed by atoms with E-state index >= 15 is 0 Å². The van der Waals surface area contributed by atoms with Crippen molar-refractivity contribution in [2.24, 2.45) is 0 Å². The van der Waals surface area contributed by atoms with E-state index in [1.54, 1.807) is 13.3 Å². The van der Waals surface area contributed by atoms with Crippen LogP contribution in [0.4, 0.5) is 5.69 Å². The van der Waals surface area contributed by atoms with E-state index in [9.17, 15) is 0 Å². The Kier molecular flexibility index (Phi) is 3.60. The number of rotatable bonds is 4. The van der Waals surface area contributed by atoms with Crippen LogP contribution in [-0.4, -0.2) is 12.1 Å². The Balaban J connectivity index is 1.83. The zero-order valence-electron chi connectivity index (χ0n) is 11.7. The van der Waals surface area contributed by atoms with Gasteiger partial charge in [0, 0.05) is 11.6 Å². The number of ether oxygens (including phenoxy) is 2. The van der Waals surface area contributed by atoms with E-state index in [0.717, 1.165) is 28.0 Å². The zero-order valence-corrected chi connectivity index (χ0v) is 11.7. The van der Waals surface area contributed by atoms with E-state index in [2.05, 4.69) is 4.98 Å². The van der Waals surface area contributed by atoms with Gasteiger partial charge in [-0.05, 0) is 35.9 Å². The molecule has 0 bridgehead atoms. The van der Waals surface area contributed by atoms with Gasteiger partial charge in [0.2, 0.25) is 0 Å². The summed E-state index contributed by atoms with van der Waals surface area (Å²) in [6.45, 7) is 0.484. The molecule has 4 nitrogen and oxygen atoms in total. The molecule has 2 N–H and O–H groups in total. The molecular weight excluding hydrogens is 264 g/mol. The Morgan fingerprint density at radius 2 is 1.86 bits per heavy atom. The van der Waals surface area contributed by atoms with E-state index < -0.39 is 0 Å². The highest BCUT2D eigenvalue weighted by molar-refractivity contribution is 5.93. The molecule has 3 aromatic rings. The summed E-state index contributed by atoms with van der Waals surface area (Å²) in [6, 6.07) is 15.4. The molecule has 0 spiro atoms. The minimum atomic E-state index is 0.484. The summed E-state index contributed by atoms with van der Waals surface area (Å²) in [5.41, 5.74) is 8.43. The molecule has 2 aromatic carbocycles. The molecule has 0 radical (unpaired) electrons. The van der Waals surface area contributed by atoms with Gasteiger partial charge in [0.25, 0.3) is 0 Å². The molecule has 3 rings (SSSR count). The van der Waals surface area contributed by atoms with Crippen LogP contribution in [0.15, 0.2) is 54.7 Å². The van der Waals surface area contributed by atoms with E-state index in [1.807, 2.05) is 48.5 Å². The van der Waals surface area contributed by atoms with E-state index in [1.165, 1.54) is 0 Å². The molecule has 0 amide bonds. The molecule has 21 heavy (non-hydrogen) atoms. The molecule has 1 aromatic heterocycles. The van der Waals surface area contributed by atoms with Crippen LogP contribution in [0.5, 0.6) is 11.5 Å². The van der Waals surface area contributed by atoms with Crippen molar-refractivity contribution in [2.75, 3.05) is 12.8 Å². The van der Waals surface area contributed by atoms with Gasteiger partial charge < -0.3 is 15.2 Å². The maximum Gasteiger partial charge on any atom is 0.130 e. The fourth-order valence-corrected chi connectivity index (χ4v) is 2.18. The van der Waals surface area contributed by atoms with E-state index in [4.69, 9.17) is 15.2 Å². The summed E-state index contributed by atoms with van der Waals surface area (Å²) in [5, 5.41) is 0.922. The first-order valence-corrected chi connectivity index (χ1v) is 6.67. The Morgan fingerprint density at radius 3 is 2.62 bits per heavy atom. The van der Waals surface area contributed by atoms with Crippen LogP contribution in [0.25, 0.3) is 10.9 Å². The lowest BCUT2D eigenvalue weighted by molar-refractivity contribution is 0.309. The van der Waals surface area contributed by atoms with Crippen LogP contribution in [0.1, 0.15) is 5.56 Å². The van der Waals surface area contributed by atoms with Crippen LogP contribution in [0, 0.1) is 0 Å². The highest BCUT2D eigenvalue weighted by Crippen LogP contribution is 2.28. The lowest BCUT2D eigenvalue weighted by atomic mass is 10.2. The number of hydrogen-bond donors (Lipinski definition) is 1. The van der Waals surface area contributed by atoms with Crippen molar-refractivity contribution in [1.29, 1.82) is 0 Å².